The molecule has 6 heteroatoms. The Hall–Kier alpha value is -1.43. The lowest BCUT2D eigenvalue weighted by Gasteiger charge is -2.24. The summed E-state index contributed by atoms with van der Waals surface area (Å²) in [5.74, 6) is 0.446. The van der Waals surface area contributed by atoms with E-state index in [1.165, 1.54) is 25.7 Å². The van der Waals surface area contributed by atoms with Crippen LogP contribution in [-0.4, -0.2) is 27.4 Å². The number of carbonyl (C=O) groups is 1. The highest BCUT2D eigenvalue weighted by atomic mass is 16.1. The summed E-state index contributed by atoms with van der Waals surface area (Å²) in [5, 5.41) is 10.6. The quantitative estimate of drug-likeness (QED) is 0.787. The Bertz CT molecular complexity index is 423. The summed E-state index contributed by atoms with van der Waals surface area (Å²) in [6.07, 6.45) is 8.95. The molecule has 1 unspecified atom stereocenters. The molecule has 1 atom stereocenters. The molecule has 0 bridgehead atoms. The monoisotopic (exact) mass is 279 g/mol. The minimum Gasteiger partial charge on any atom is -0.350 e. The standard InChI is InChI=1S/C14H25N5O/c1-19-12(10-17-18-19)9-16-14(20)13(8-15)11-6-4-2-3-5-7-11/h10-11,13H,2-9,15H2,1H3,(H,16,20). The average Bonchev–Trinajstić information content (AvgIpc) is 2.69. The third-order valence-corrected chi connectivity index (χ3v) is 4.31. The Morgan fingerprint density at radius 1 is 1.45 bits per heavy atom. The summed E-state index contributed by atoms with van der Waals surface area (Å²) in [4.78, 5) is 12.4. The topological polar surface area (TPSA) is 85.8 Å². The molecule has 6 nitrogen and oxygen atoms in total. The Morgan fingerprint density at radius 3 is 2.70 bits per heavy atom. The number of aryl methyl sites for hydroxylation is 1. The second kappa shape index (κ2) is 7.38. The molecule has 0 spiro atoms. The van der Waals surface area contributed by atoms with Crippen LogP contribution in [0.5, 0.6) is 0 Å². The van der Waals surface area contributed by atoms with E-state index in [1.54, 1.807) is 10.9 Å². The van der Waals surface area contributed by atoms with Crippen LogP contribution in [0.1, 0.15) is 44.2 Å². The normalized spacial score (nSPS) is 18.5. The number of aromatic nitrogens is 3. The third-order valence-electron chi connectivity index (χ3n) is 4.31. The van der Waals surface area contributed by atoms with Gasteiger partial charge in [0, 0.05) is 13.6 Å². The van der Waals surface area contributed by atoms with E-state index in [1.807, 2.05) is 7.05 Å². The lowest BCUT2D eigenvalue weighted by atomic mass is 9.85. The fourth-order valence-electron chi connectivity index (χ4n) is 3.01. The number of hydrogen-bond donors (Lipinski definition) is 2. The van der Waals surface area contributed by atoms with Gasteiger partial charge in [0.15, 0.2) is 0 Å². The van der Waals surface area contributed by atoms with Gasteiger partial charge in [-0.3, -0.25) is 9.48 Å². The van der Waals surface area contributed by atoms with Gasteiger partial charge in [0.1, 0.15) is 0 Å². The van der Waals surface area contributed by atoms with Gasteiger partial charge in [0.25, 0.3) is 0 Å². The van der Waals surface area contributed by atoms with Crippen LogP contribution in [-0.2, 0) is 18.4 Å². The van der Waals surface area contributed by atoms with Crippen molar-refractivity contribution in [1.82, 2.24) is 20.3 Å². The zero-order chi connectivity index (χ0) is 14.4. The maximum atomic E-state index is 12.4. The summed E-state index contributed by atoms with van der Waals surface area (Å²) < 4.78 is 1.67. The van der Waals surface area contributed by atoms with Crippen LogP contribution in [0.15, 0.2) is 6.20 Å². The van der Waals surface area contributed by atoms with Gasteiger partial charge < -0.3 is 11.1 Å². The van der Waals surface area contributed by atoms with Gasteiger partial charge in [0.05, 0.1) is 24.4 Å². The van der Waals surface area contributed by atoms with Crippen molar-refractivity contribution in [3.63, 3.8) is 0 Å². The molecule has 112 valence electrons. The molecule has 1 aliphatic rings. The highest BCUT2D eigenvalue weighted by molar-refractivity contribution is 5.79. The lowest BCUT2D eigenvalue weighted by Crippen LogP contribution is -2.39. The molecule has 1 fully saturated rings. The fraction of sp³-hybridized carbons (Fsp3) is 0.786. The zero-order valence-corrected chi connectivity index (χ0v) is 12.2. The predicted molar refractivity (Wildman–Crippen MR) is 76.6 cm³/mol. The molecule has 1 aliphatic carbocycles. The van der Waals surface area contributed by atoms with E-state index in [2.05, 4.69) is 15.6 Å². The number of rotatable bonds is 5. The number of nitrogens with one attached hydrogen (secondary N) is 1. The first kappa shape index (κ1) is 15.0. The summed E-state index contributed by atoms with van der Waals surface area (Å²) in [6.45, 7) is 0.895. The number of hydrogen-bond acceptors (Lipinski definition) is 4. The predicted octanol–water partition coefficient (Wildman–Crippen LogP) is 0.977. The molecule has 1 saturated carbocycles. The minimum atomic E-state index is -0.0608. The zero-order valence-electron chi connectivity index (χ0n) is 12.2. The smallest absolute Gasteiger partial charge is 0.224 e. The summed E-state index contributed by atoms with van der Waals surface area (Å²) >= 11 is 0. The molecule has 1 amide bonds. The Labute approximate surface area is 120 Å². The van der Waals surface area contributed by atoms with Crippen LogP contribution in [0.4, 0.5) is 0 Å². The van der Waals surface area contributed by atoms with Crippen molar-refractivity contribution in [2.45, 2.75) is 45.1 Å². The average molecular weight is 279 g/mol. The van der Waals surface area contributed by atoms with Gasteiger partial charge >= 0.3 is 0 Å². The highest BCUT2D eigenvalue weighted by Gasteiger charge is 2.27. The summed E-state index contributed by atoms with van der Waals surface area (Å²) in [6, 6.07) is 0. The van der Waals surface area contributed by atoms with Crippen molar-refractivity contribution in [2.24, 2.45) is 24.6 Å². The highest BCUT2D eigenvalue weighted by Crippen LogP contribution is 2.28. The number of amides is 1. The van der Waals surface area contributed by atoms with Crippen molar-refractivity contribution in [3.05, 3.63) is 11.9 Å². The second-order valence-electron chi connectivity index (χ2n) is 5.66. The first-order chi connectivity index (χ1) is 9.72. The molecule has 2 rings (SSSR count). The van der Waals surface area contributed by atoms with Crippen molar-refractivity contribution in [3.8, 4) is 0 Å². The van der Waals surface area contributed by atoms with Crippen LogP contribution < -0.4 is 11.1 Å². The van der Waals surface area contributed by atoms with Crippen molar-refractivity contribution >= 4 is 5.91 Å². The maximum absolute atomic E-state index is 12.4. The van der Waals surface area contributed by atoms with E-state index in [0.29, 0.717) is 19.0 Å². The van der Waals surface area contributed by atoms with Gasteiger partial charge in [-0.25, -0.2) is 0 Å². The van der Waals surface area contributed by atoms with Gasteiger partial charge in [-0.15, -0.1) is 5.10 Å². The molecule has 0 saturated heterocycles. The first-order valence-electron chi connectivity index (χ1n) is 7.53. The summed E-state index contributed by atoms with van der Waals surface area (Å²) in [5.41, 5.74) is 6.74. The van der Waals surface area contributed by atoms with Crippen LogP contribution in [0.25, 0.3) is 0 Å². The fourth-order valence-corrected chi connectivity index (χ4v) is 3.01. The van der Waals surface area contributed by atoms with Gasteiger partial charge in [-0.1, -0.05) is 30.9 Å². The Kier molecular flexibility index (Phi) is 5.52. The summed E-state index contributed by atoms with van der Waals surface area (Å²) in [7, 11) is 1.82. The van der Waals surface area contributed by atoms with Crippen LogP contribution in [0.3, 0.4) is 0 Å². The van der Waals surface area contributed by atoms with Crippen LogP contribution in [0.2, 0.25) is 0 Å². The molecule has 20 heavy (non-hydrogen) atoms. The number of nitrogens with two attached hydrogens (primary N) is 1. The minimum absolute atomic E-state index is 0.0608. The van der Waals surface area contributed by atoms with Crippen molar-refractivity contribution in [2.75, 3.05) is 6.54 Å². The Morgan fingerprint density at radius 2 is 2.15 bits per heavy atom. The largest absolute Gasteiger partial charge is 0.350 e. The van der Waals surface area contributed by atoms with Crippen molar-refractivity contribution < 1.29 is 4.79 Å². The van der Waals surface area contributed by atoms with E-state index in [4.69, 9.17) is 5.73 Å². The molecule has 0 aromatic carbocycles. The SMILES string of the molecule is Cn1nncc1CNC(=O)C(CN)C1CCCCCC1. The molecule has 0 radical (unpaired) electrons. The lowest BCUT2D eigenvalue weighted by molar-refractivity contribution is -0.126. The molecule has 1 aromatic rings. The first-order valence-corrected chi connectivity index (χ1v) is 7.53. The molecule has 3 N–H and O–H groups in total. The van der Waals surface area contributed by atoms with E-state index >= 15 is 0 Å². The van der Waals surface area contributed by atoms with Gasteiger partial charge in [-0.2, -0.15) is 0 Å². The molecule has 1 heterocycles. The van der Waals surface area contributed by atoms with E-state index in [-0.39, 0.29) is 11.8 Å². The molecular weight excluding hydrogens is 254 g/mol. The van der Waals surface area contributed by atoms with Gasteiger partial charge in [0.2, 0.25) is 5.91 Å². The second-order valence-corrected chi connectivity index (χ2v) is 5.66. The van der Waals surface area contributed by atoms with Crippen LogP contribution >= 0.6 is 0 Å². The van der Waals surface area contributed by atoms with E-state index in [0.717, 1.165) is 18.5 Å². The van der Waals surface area contributed by atoms with Gasteiger partial charge in [-0.05, 0) is 18.8 Å². The third kappa shape index (κ3) is 3.79. The number of carbonyl (C=O) groups excluding carboxylic acids is 1. The van der Waals surface area contributed by atoms with E-state index in [9.17, 15) is 4.79 Å². The number of nitrogens with zero attached hydrogens (tertiary/aromatic N) is 3. The van der Waals surface area contributed by atoms with Crippen molar-refractivity contribution in [1.29, 1.82) is 0 Å². The molecule has 0 aliphatic heterocycles. The van der Waals surface area contributed by atoms with Crippen LogP contribution in [0, 0.1) is 11.8 Å². The maximum Gasteiger partial charge on any atom is 0.224 e. The Balaban J connectivity index is 1.89. The van der Waals surface area contributed by atoms with E-state index < -0.39 is 0 Å². The molecular formula is C14H25N5O. The molecule has 1 aromatic heterocycles.